The maximum Gasteiger partial charge on any atom is 0.257 e. The van der Waals surface area contributed by atoms with Gasteiger partial charge in [-0.05, 0) is 24.3 Å². The predicted molar refractivity (Wildman–Crippen MR) is 113 cm³/mol. The highest BCUT2D eigenvalue weighted by molar-refractivity contribution is 5.98. The van der Waals surface area contributed by atoms with E-state index in [2.05, 4.69) is 20.0 Å². The highest BCUT2D eigenvalue weighted by Gasteiger charge is 2.26. The summed E-state index contributed by atoms with van der Waals surface area (Å²) in [6.07, 6.45) is 0. The van der Waals surface area contributed by atoms with Crippen LogP contribution < -0.4 is 19.3 Å². The van der Waals surface area contributed by atoms with Crippen LogP contribution in [-0.2, 0) is 4.74 Å². The van der Waals surface area contributed by atoms with Gasteiger partial charge in [0, 0.05) is 39.3 Å². The molecule has 2 aliphatic heterocycles. The largest absolute Gasteiger partial charge is 0.493 e. The normalized spacial score (nSPS) is 17.1. The van der Waals surface area contributed by atoms with Gasteiger partial charge in [-0.2, -0.15) is 0 Å². The van der Waals surface area contributed by atoms with Gasteiger partial charge in [-0.1, -0.05) is 6.07 Å². The second kappa shape index (κ2) is 9.17. The molecule has 0 radical (unpaired) electrons. The van der Waals surface area contributed by atoms with E-state index in [4.69, 9.17) is 14.2 Å². The number of ether oxygens (including phenoxy) is 3. The molecule has 1 aromatic heterocycles. The molecule has 0 saturated carbocycles. The van der Waals surface area contributed by atoms with Gasteiger partial charge in [-0.15, -0.1) is 10.2 Å². The number of carbonyl (C=O) groups is 1. The molecule has 0 spiro atoms. The first-order chi connectivity index (χ1) is 14.7. The molecule has 3 heterocycles. The molecule has 160 valence electrons. The lowest BCUT2D eigenvalue weighted by atomic mass is 10.1. The van der Waals surface area contributed by atoms with Gasteiger partial charge < -0.3 is 28.9 Å². The Morgan fingerprint density at radius 2 is 1.50 bits per heavy atom. The van der Waals surface area contributed by atoms with Gasteiger partial charge in [0.2, 0.25) is 0 Å². The SMILES string of the molecule is COc1cccc(C(=O)N2CCN(c3ccc(N4CCOCC4)nn3)CC2)c1OC. The highest BCUT2D eigenvalue weighted by atomic mass is 16.5. The lowest BCUT2D eigenvalue weighted by Gasteiger charge is -2.35. The standard InChI is InChI=1S/C21H27N5O4/c1-28-17-5-3-4-16(20(17)29-2)21(27)26-10-8-24(9-11-26)18-6-7-19(23-22-18)25-12-14-30-15-13-25/h3-7H,8-15H2,1-2H3. The Balaban J connectivity index is 1.38. The molecule has 4 rings (SSSR count). The molecule has 1 amide bonds. The molecule has 30 heavy (non-hydrogen) atoms. The summed E-state index contributed by atoms with van der Waals surface area (Å²) in [5, 5.41) is 8.80. The summed E-state index contributed by atoms with van der Waals surface area (Å²) in [6.45, 7) is 5.71. The van der Waals surface area contributed by atoms with Crippen molar-refractivity contribution < 1.29 is 19.0 Å². The summed E-state index contributed by atoms with van der Waals surface area (Å²) in [7, 11) is 3.11. The van der Waals surface area contributed by atoms with Crippen molar-refractivity contribution >= 4 is 17.5 Å². The van der Waals surface area contributed by atoms with Gasteiger partial charge in [0.25, 0.3) is 5.91 Å². The number of methoxy groups -OCH3 is 2. The second-order valence-corrected chi connectivity index (χ2v) is 7.17. The lowest BCUT2D eigenvalue weighted by molar-refractivity contribution is 0.0742. The van der Waals surface area contributed by atoms with Crippen molar-refractivity contribution in [3.8, 4) is 11.5 Å². The third-order valence-electron chi connectivity index (χ3n) is 5.50. The van der Waals surface area contributed by atoms with E-state index in [1.807, 2.05) is 17.0 Å². The third-order valence-corrected chi connectivity index (χ3v) is 5.50. The first-order valence-electron chi connectivity index (χ1n) is 10.1. The summed E-state index contributed by atoms with van der Waals surface area (Å²) in [5.41, 5.74) is 0.514. The molecule has 0 bridgehead atoms. The van der Waals surface area contributed by atoms with Crippen molar-refractivity contribution in [1.82, 2.24) is 15.1 Å². The van der Waals surface area contributed by atoms with Crippen molar-refractivity contribution in [3.63, 3.8) is 0 Å². The van der Waals surface area contributed by atoms with E-state index in [1.165, 1.54) is 0 Å². The number of aromatic nitrogens is 2. The Bertz CT molecular complexity index is 862. The average Bonchev–Trinajstić information content (AvgIpc) is 2.83. The molecule has 2 fully saturated rings. The van der Waals surface area contributed by atoms with Crippen molar-refractivity contribution in [1.29, 1.82) is 0 Å². The Labute approximate surface area is 176 Å². The van der Waals surface area contributed by atoms with E-state index in [0.29, 0.717) is 43.2 Å². The first-order valence-corrected chi connectivity index (χ1v) is 10.1. The van der Waals surface area contributed by atoms with E-state index in [9.17, 15) is 4.79 Å². The zero-order chi connectivity index (χ0) is 20.9. The number of rotatable bonds is 5. The quantitative estimate of drug-likeness (QED) is 0.726. The number of anilines is 2. The van der Waals surface area contributed by atoms with E-state index in [-0.39, 0.29) is 5.91 Å². The second-order valence-electron chi connectivity index (χ2n) is 7.17. The maximum absolute atomic E-state index is 13.0. The van der Waals surface area contributed by atoms with Gasteiger partial charge in [-0.3, -0.25) is 4.79 Å². The smallest absolute Gasteiger partial charge is 0.257 e. The number of para-hydroxylation sites is 1. The van der Waals surface area contributed by atoms with Crippen molar-refractivity contribution in [3.05, 3.63) is 35.9 Å². The summed E-state index contributed by atoms with van der Waals surface area (Å²) < 4.78 is 16.1. The number of morpholine rings is 1. The number of nitrogens with zero attached hydrogens (tertiary/aromatic N) is 5. The Morgan fingerprint density at radius 1 is 0.867 bits per heavy atom. The van der Waals surface area contributed by atoms with Crippen LogP contribution in [0.15, 0.2) is 30.3 Å². The molecule has 0 N–H and O–H groups in total. The van der Waals surface area contributed by atoms with Crippen molar-refractivity contribution in [2.24, 2.45) is 0 Å². The Morgan fingerprint density at radius 3 is 2.07 bits per heavy atom. The lowest BCUT2D eigenvalue weighted by Crippen LogP contribution is -2.49. The topological polar surface area (TPSA) is 80.3 Å². The summed E-state index contributed by atoms with van der Waals surface area (Å²) in [4.78, 5) is 19.2. The zero-order valence-electron chi connectivity index (χ0n) is 17.4. The molecule has 9 nitrogen and oxygen atoms in total. The highest BCUT2D eigenvalue weighted by Crippen LogP contribution is 2.31. The molecule has 2 aromatic rings. The van der Waals surface area contributed by atoms with Crippen molar-refractivity contribution in [2.45, 2.75) is 0 Å². The molecular weight excluding hydrogens is 386 g/mol. The molecule has 0 unspecified atom stereocenters. The average molecular weight is 413 g/mol. The number of benzene rings is 1. The van der Waals surface area contributed by atoms with Crippen LogP contribution in [0.25, 0.3) is 0 Å². The number of carbonyl (C=O) groups excluding carboxylic acids is 1. The van der Waals surface area contributed by atoms with Gasteiger partial charge >= 0.3 is 0 Å². The van der Waals surface area contributed by atoms with Crippen LogP contribution in [0.4, 0.5) is 11.6 Å². The van der Waals surface area contributed by atoms with E-state index >= 15 is 0 Å². The van der Waals surface area contributed by atoms with Gasteiger partial charge in [-0.25, -0.2) is 0 Å². The fraction of sp³-hybridized carbons (Fsp3) is 0.476. The van der Waals surface area contributed by atoms with Crippen molar-refractivity contribution in [2.75, 3.05) is 76.5 Å². The molecule has 2 saturated heterocycles. The van der Waals surface area contributed by atoms with Crippen LogP contribution in [0.5, 0.6) is 11.5 Å². The first kappa shape index (κ1) is 20.2. The van der Waals surface area contributed by atoms with Gasteiger partial charge in [0.05, 0.1) is 33.0 Å². The zero-order valence-corrected chi connectivity index (χ0v) is 17.4. The molecule has 0 atom stereocenters. The number of hydrogen-bond donors (Lipinski definition) is 0. The minimum Gasteiger partial charge on any atom is -0.493 e. The van der Waals surface area contributed by atoms with Crippen LogP contribution in [0.1, 0.15) is 10.4 Å². The summed E-state index contributed by atoms with van der Waals surface area (Å²) >= 11 is 0. The summed E-state index contributed by atoms with van der Waals surface area (Å²) in [6, 6.07) is 9.36. The molecule has 2 aliphatic rings. The monoisotopic (exact) mass is 413 g/mol. The fourth-order valence-corrected chi connectivity index (χ4v) is 3.81. The Kier molecular flexibility index (Phi) is 6.18. The fourth-order valence-electron chi connectivity index (χ4n) is 3.81. The van der Waals surface area contributed by atoms with Gasteiger partial charge in [0.15, 0.2) is 23.1 Å². The number of amides is 1. The van der Waals surface area contributed by atoms with E-state index < -0.39 is 0 Å². The summed E-state index contributed by atoms with van der Waals surface area (Å²) in [5.74, 6) is 2.67. The van der Waals surface area contributed by atoms with Crippen LogP contribution in [0.2, 0.25) is 0 Å². The molecule has 0 aliphatic carbocycles. The van der Waals surface area contributed by atoms with Gasteiger partial charge in [0.1, 0.15) is 0 Å². The van der Waals surface area contributed by atoms with Crippen LogP contribution in [0, 0.1) is 0 Å². The minimum absolute atomic E-state index is 0.0563. The van der Waals surface area contributed by atoms with E-state index in [1.54, 1.807) is 32.4 Å². The van der Waals surface area contributed by atoms with E-state index in [0.717, 1.165) is 37.9 Å². The maximum atomic E-state index is 13.0. The molecular formula is C21H27N5O4. The van der Waals surface area contributed by atoms with Crippen LogP contribution in [-0.4, -0.2) is 87.7 Å². The minimum atomic E-state index is -0.0563. The van der Waals surface area contributed by atoms with Crippen LogP contribution >= 0.6 is 0 Å². The predicted octanol–water partition coefficient (Wildman–Crippen LogP) is 1.29. The molecule has 9 heteroatoms. The van der Waals surface area contributed by atoms with Crippen LogP contribution in [0.3, 0.4) is 0 Å². The molecule has 1 aromatic carbocycles. The number of hydrogen-bond acceptors (Lipinski definition) is 8. The Hall–Kier alpha value is -3.07. The third kappa shape index (κ3) is 4.11. The number of piperazine rings is 1.